The lowest BCUT2D eigenvalue weighted by molar-refractivity contribution is 0.0716. The highest BCUT2D eigenvalue weighted by Crippen LogP contribution is 2.07. The summed E-state index contributed by atoms with van der Waals surface area (Å²) in [5, 5.41) is 11.8. The zero-order chi connectivity index (χ0) is 12.7. The number of hydrogen-bond acceptors (Lipinski definition) is 4. The van der Waals surface area contributed by atoms with E-state index in [4.69, 9.17) is 5.11 Å². The Morgan fingerprint density at radius 1 is 1.47 bits per heavy atom. The second-order valence-electron chi connectivity index (χ2n) is 3.67. The first-order valence-electron chi connectivity index (χ1n) is 5.77. The summed E-state index contributed by atoms with van der Waals surface area (Å²) in [5.41, 5.74) is 0.402. The number of carbonyl (C=O) groups excluding carboxylic acids is 1. The maximum absolute atomic E-state index is 12.1. The number of nitrogens with zero attached hydrogens (tertiary/aromatic N) is 2. The molecule has 1 amide bonds. The van der Waals surface area contributed by atoms with Crippen molar-refractivity contribution in [2.75, 3.05) is 32.1 Å². The molecule has 0 spiro atoms. The summed E-state index contributed by atoms with van der Waals surface area (Å²) in [6, 6.07) is 5.27. The van der Waals surface area contributed by atoms with Gasteiger partial charge in [-0.25, -0.2) is 4.98 Å². The van der Waals surface area contributed by atoms with Gasteiger partial charge in [-0.3, -0.25) is 4.79 Å². The lowest BCUT2D eigenvalue weighted by Crippen LogP contribution is -2.34. The van der Waals surface area contributed by atoms with Crippen molar-refractivity contribution in [1.29, 1.82) is 0 Å². The molecule has 0 atom stereocenters. The predicted octanol–water partition coefficient (Wildman–Crippen LogP) is 0.968. The highest BCUT2D eigenvalue weighted by atomic mass is 16.3. The number of aliphatic hydroxyl groups is 1. The Bertz CT molecular complexity index is 363. The van der Waals surface area contributed by atoms with Crippen LogP contribution in [-0.4, -0.2) is 47.6 Å². The lowest BCUT2D eigenvalue weighted by Gasteiger charge is -2.20. The maximum atomic E-state index is 12.1. The van der Waals surface area contributed by atoms with Crippen molar-refractivity contribution in [3.05, 3.63) is 23.9 Å². The van der Waals surface area contributed by atoms with Gasteiger partial charge in [0.25, 0.3) is 5.91 Å². The topological polar surface area (TPSA) is 65.5 Å². The van der Waals surface area contributed by atoms with Crippen LogP contribution in [0.15, 0.2) is 18.2 Å². The van der Waals surface area contributed by atoms with Gasteiger partial charge in [-0.2, -0.15) is 0 Å². The van der Waals surface area contributed by atoms with Gasteiger partial charge in [0.1, 0.15) is 11.5 Å². The van der Waals surface area contributed by atoms with Crippen LogP contribution < -0.4 is 5.32 Å². The van der Waals surface area contributed by atoms with E-state index in [9.17, 15) is 4.79 Å². The molecule has 1 aromatic rings. The second kappa shape index (κ2) is 6.85. The molecule has 1 rings (SSSR count). The number of hydrogen-bond donors (Lipinski definition) is 2. The smallest absolute Gasteiger partial charge is 0.272 e. The van der Waals surface area contributed by atoms with Crippen molar-refractivity contribution < 1.29 is 9.90 Å². The summed E-state index contributed by atoms with van der Waals surface area (Å²) in [5.74, 6) is 0.522. The van der Waals surface area contributed by atoms with Crippen LogP contribution >= 0.6 is 0 Å². The highest BCUT2D eigenvalue weighted by Gasteiger charge is 2.15. The SMILES string of the molecule is CCCN(CCO)C(=O)c1cccc(NC)n1. The van der Waals surface area contributed by atoms with Crippen molar-refractivity contribution in [2.45, 2.75) is 13.3 Å². The number of carbonyl (C=O) groups is 1. The standard InChI is InChI=1S/C12H19N3O2/c1-3-7-15(8-9-16)12(17)10-5-4-6-11(13-2)14-10/h4-6,16H,3,7-9H2,1-2H3,(H,13,14). The molecule has 0 aromatic carbocycles. The maximum Gasteiger partial charge on any atom is 0.272 e. The van der Waals surface area contributed by atoms with Crippen LogP contribution in [0.4, 0.5) is 5.82 Å². The van der Waals surface area contributed by atoms with Crippen LogP contribution in [0.1, 0.15) is 23.8 Å². The van der Waals surface area contributed by atoms with Gasteiger partial charge < -0.3 is 15.3 Å². The number of aliphatic hydroxyl groups excluding tert-OH is 1. The van der Waals surface area contributed by atoms with Crippen molar-refractivity contribution >= 4 is 11.7 Å². The van der Waals surface area contributed by atoms with Crippen LogP contribution in [0.2, 0.25) is 0 Å². The number of aromatic nitrogens is 1. The Kier molecular flexibility index (Phi) is 5.42. The fourth-order valence-electron chi connectivity index (χ4n) is 1.56. The summed E-state index contributed by atoms with van der Waals surface area (Å²) in [6.45, 7) is 2.94. The van der Waals surface area contributed by atoms with E-state index in [0.29, 0.717) is 24.6 Å². The lowest BCUT2D eigenvalue weighted by atomic mass is 10.3. The van der Waals surface area contributed by atoms with Gasteiger partial charge in [-0.05, 0) is 18.6 Å². The first-order valence-corrected chi connectivity index (χ1v) is 5.77. The Morgan fingerprint density at radius 2 is 2.24 bits per heavy atom. The van der Waals surface area contributed by atoms with E-state index >= 15 is 0 Å². The van der Waals surface area contributed by atoms with Gasteiger partial charge in [0, 0.05) is 20.1 Å². The largest absolute Gasteiger partial charge is 0.395 e. The van der Waals surface area contributed by atoms with Gasteiger partial charge in [0.05, 0.1) is 6.61 Å². The molecule has 2 N–H and O–H groups in total. The van der Waals surface area contributed by atoms with E-state index in [0.717, 1.165) is 6.42 Å². The second-order valence-corrected chi connectivity index (χ2v) is 3.67. The zero-order valence-electron chi connectivity index (χ0n) is 10.3. The summed E-state index contributed by atoms with van der Waals surface area (Å²) < 4.78 is 0. The molecule has 0 saturated carbocycles. The normalized spacial score (nSPS) is 10.1. The molecule has 1 heterocycles. The van der Waals surface area contributed by atoms with Gasteiger partial charge in [-0.1, -0.05) is 13.0 Å². The molecular weight excluding hydrogens is 218 g/mol. The Balaban J connectivity index is 2.84. The third-order valence-electron chi connectivity index (χ3n) is 2.38. The van der Waals surface area contributed by atoms with Gasteiger partial charge >= 0.3 is 0 Å². The van der Waals surface area contributed by atoms with E-state index < -0.39 is 0 Å². The van der Waals surface area contributed by atoms with Crippen LogP contribution in [0.3, 0.4) is 0 Å². The molecule has 0 radical (unpaired) electrons. The fourth-order valence-corrected chi connectivity index (χ4v) is 1.56. The molecule has 0 unspecified atom stereocenters. The minimum absolute atomic E-state index is 0.0303. The van der Waals surface area contributed by atoms with Crippen molar-refractivity contribution in [3.63, 3.8) is 0 Å². The number of nitrogens with one attached hydrogen (secondary N) is 1. The fraction of sp³-hybridized carbons (Fsp3) is 0.500. The van der Waals surface area contributed by atoms with E-state index in [1.54, 1.807) is 30.1 Å². The average Bonchev–Trinajstić information content (AvgIpc) is 2.38. The molecular formula is C12H19N3O2. The monoisotopic (exact) mass is 237 g/mol. The van der Waals surface area contributed by atoms with Crippen molar-refractivity contribution in [2.24, 2.45) is 0 Å². The van der Waals surface area contributed by atoms with Gasteiger partial charge in [-0.15, -0.1) is 0 Å². The molecule has 0 aliphatic rings. The molecule has 17 heavy (non-hydrogen) atoms. The molecule has 1 aromatic heterocycles. The van der Waals surface area contributed by atoms with Crippen LogP contribution in [0, 0.1) is 0 Å². The third-order valence-corrected chi connectivity index (χ3v) is 2.38. The van der Waals surface area contributed by atoms with E-state index in [1.807, 2.05) is 6.92 Å². The van der Waals surface area contributed by atoms with Crippen LogP contribution in [0.25, 0.3) is 0 Å². The van der Waals surface area contributed by atoms with Crippen molar-refractivity contribution in [1.82, 2.24) is 9.88 Å². The summed E-state index contributed by atoms with van der Waals surface area (Å²) in [7, 11) is 1.76. The average molecular weight is 237 g/mol. The molecule has 0 aliphatic carbocycles. The predicted molar refractivity (Wildman–Crippen MR) is 67.1 cm³/mol. The van der Waals surface area contributed by atoms with Crippen molar-refractivity contribution in [3.8, 4) is 0 Å². The molecule has 94 valence electrons. The molecule has 5 heteroatoms. The third kappa shape index (κ3) is 3.71. The summed E-state index contributed by atoms with van der Waals surface area (Å²) in [6.07, 6.45) is 0.859. The number of rotatable bonds is 6. The first-order chi connectivity index (χ1) is 8.22. The van der Waals surface area contributed by atoms with E-state index in [-0.39, 0.29) is 12.5 Å². The molecule has 5 nitrogen and oxygen atoms in total. The first kappa shape index (κ1) is 13.4. The molecule has 0 saturated heterocycles. The molecule has 0 bridgehead atoms. The summed E-state index contributed by atoms with van der Waals surface area (Å²) in [4.78, 5) is 17.9. The highest BCUT2D eigenvalue weighted by molar-refractivity contribution is 5.92. The number of amides is 1. The van der Waals surface area contributed by atoms with Crippen LogP contribution in [0.5, 0.6) is 0 Å². The Hall–Kier alpha value is -1.62. The Labute approximate surface area is 101 Å². The van der Waals surface area contributed by atoms with Gasteiger partial charge in [0.15, 0.2) is 0 Å². The van der Waals surface area contributed by atoms with E-state index in [2.05, 4.69) is 10.3 Å². The molecule has 0 fully saturated rings. The number of anilines is 1. The minimum Gasteiger partial charge on any atom is -0.395 e. The minimum atomic E-state index is -0.141. The number of pyridine rings is 1. The quantitative estimate of drug-likeness (QED) is 0.773. The van der Waals surface area contributed by atoms with Crippen LogP contribution in [-0.2, 0) is 0 Å². The Morgan fingerprint density at radius 3 is 2.82 bits per heavy atom. The molecule has 0 aliphatic heterocycles. The summed E-state index contributed by atoms with van der Waals surface area (Å²) >= 11 is 0. The van der Waals surface area contributed by atoms with Gasteiger partial charge in [0.2, 0.25) is 0 Å². The zero-order valence-corrected chi connectivity index (χ0v) is 10.3. The van der Waals surface area contributed by atoms with E-state index in [1.165, 1.54) is 0 Å².